The Labute approximate surface area is 124 Å². The Bertz CT molecular complexity index is 296. The first-order valence-electron chi connectivity index (χ1n) is 7.97. The summed E-state index contributed by atoms with van der Waals surface area (Å²) in [6.45, 7) is 12.1. The van der Waals surface area contributed by atoms with Gasteiger partial charge in [-0.1, -0.05) is 18.9 Å². The first-order valence-corrected chi connectivity index (χ1v) is 7.97. The molecule has 1 fully saturated rings. The minimum atomic E-state index is 0.353. The molecule has 0 heterocycles. The van der Waals surface area contributed by atoms with Crippen LogP contribution in [-0.2, 0) is 4.74 Å². The van der Waals surface area contributed by atoms with E-state index in [4.69, 9.17) is 9.73 Å². The van der Waals surface area contributed by atoms with Gasteiger partial charge in [-0.3, -0.25) is 4.99 Å². The van der Waals surface area contributed by atoms with E-state index in [-0.39, 0.29) is 0 Å². The van der Waals surface area contributed by atoms with E-state index < -0.39 is 0 Å². The number of guanidine groups is 1. The van der Waals surface area contributed by atoms with Gasteiger partial charge >= 0.3 is 0 Å². The highest BCUT2D eigenvalue weighted by atomic mass is 16.5. The molecule has 0 bridgehead atoms. The second kappa shape index (κ2) is 9.81. The number of hydrogen-bond acceptors (Lipinski definition) is 2. The van der Waals surface area contributed by atoms with E-state index in [2.05, 4.69) is 31.1 Å². The number of rotatable bonds is 9. The summed E-state index contributed by atoms with van der Waals surface area (Å²) in [7, 11) is 0. The van der Waals surface area contributed by atoms with E-state index in [9.17, 15) is 0 Å². The van der Waals surface area contributed by atoms with Gasteiger partial charge in [-0.25, -0.2) is 0 Å². The van der Waals surface area contributed by atoms with Crippen molar-refractivity contribution >= 4 is 5.96 Å². The quantitative estimate of drug-likeness (QED) is 0.296. The number of hydrogen-bond donors (Lipinski definition) is 2. The molecule has 1 rings (SSSR count). The molecule has 0 amide bonds. The molecular weight excluding hydrogens is 250 g/mol. The van der Waals surface area contributed by atoms with Gasteiger partial charge in [0.25, 0.3) is 0 Å². The topological polar surface area (TPSA) is 45.7 Å². The Kier molecular flexibility index (Phi) is 8.35. The van der Waals surface area contributed by atoms with Crippen molar-refractivity contribution < 1.29 is 4.74 Å². The van der Waals surface area contributed by atoms with Crippen LogP contribution in [0.3, 0.4) is 0 Å². The molecule has 0 aromatic carbocycles. The molecule has 0 aromatic heterocycles. The first-order chi connectivity index (χ1) is 9.76. The molecule has 0 spiro atoms. The summed E-state index contributed by atoms with van der Waals surface area (Å²) in [6, 6.07) is 0. The minimum absolute atomic E-state index is 0.353. The molecule has 4 nitrogen and oxygen atoms in total. The second-order valence-corrected chi connectivity index (χ2v) is 5.52. The third-order valence-corrected chi connectivity index (χ3v) is 3.98. The van der Waals surface area contributed by atoms with Crippen LogP contribution in [0.25, 0.3) is 0 Å². The van der Waals surface area contributed by atoms with E-state index in [0.717, 1.165) is 45.2 Å². The van der Waals surface area contributed by atoms with Crippen molar-refractivity contribution in [2.24, 2.45) is 10.4 Å². The SMILES string of the molecule is C=CCNC(=NCC1(CCOCC)CCCC1)NCC. The summed E-state index contributed by atoms with van der Waals surface area (Å²) in [4.78, 5) is 4.77. The standard InChI is InChI=1S/C16H31N3O/c1-4-12-18-15(17-5-2)19-14-16(9-7-8-10-16)11-13-20-6-3/h4H,1,5-14H2,2-3H3,(H2,17,18,19). The number of ether oxygens (including phenoxy) is 1. The van der Waals surface area contributed by atoms with Crippen LogP contribution >= 0.6 is 0 Å². The monoisotopic (exact) mass is 281 g/mol. The van der Waals surface area contributed by atoms with Gasteiger partial charge in [-0.05, 0) is 38.5 Å². The van der Waals surface area contributed by atoms with Crippen molar-refractivity contribution in [3.05, 3.63) is 12.7 Å². The molecule has 1 aliphatic rings. The van der Waals surface area contributed by atoms with Crippen LogP contribution in [0, 0.1) is 5.41 Å². The van der Waals surface area contributed by atoms with Crippen LogP contribution in [-0.4, -0.2) is 38.8 Å². The maximum atomic E-state index is 5.55. The van der Waals surface area contributed by atoms with Crippen LogP contribution in [0.1, 0.15) is 46.0 Å². The average molecular weight is 281 g/mol. The fourth-order valence-electron chi connectivity index (χ4n) is 2.80. The lowest BCUT2D eigenvalue weighted by Gasteiger charge is -2.27. The summed E-state index contributed by atoms with van der Waals surface area (Å²) in [5, 5.41) is 6.55. The zero-order valence-electron chi connectivity index (χ0n) is 13.2. The van der Waals surface area contributed by atoms with Crippen molar-refractivity contribution in [1.82, 2.24) is 10.6 Å². The minimum Gasteiger partial charge on any atom is -0.382 e. The molecule has 20 heavy (non-hydrogen) atoms. The number of aliphatic imine (C=N–C) groups is 1. The fraction of sp³-hybridized carbons (Fsp3) is 0.812. The van der Waals surface area contributed by atoms with E-state index in [1.54, 1.807) is 0 Å². The summed E-state index contributed by atoms with van der Waals surface area (Å²) in [5.74, 6) is 0.898. The largest absolute Gasteiger partial charge is 0.382 e. The van der Waals surface area contributed by atoms with Crippen LogP contribution in [0.5, 0.6) is 0 Å². The van der Waals surface area contributed by atoms with E-state index >= 15 is 0 Å². The first kappa shape index (κ1) is 17.0. The third-order valence-electron chi connectivity index (χ3n) is 3.98. The van der Waals surface area contributed by atoms with Crippen LogP contribution in [0.15, 0.2) is 17.6 Å². The van der Waals surface area contributed by atoms with Gasteiger partial charge in [0.2, 0.25) is 0 Å². The lowest BCUT2D eigenvalue weighted by molar-refractivity contribution is 0.107. The van der Waals surface area contributed by atoms with Crippen molar-refractivity contribution in [2.75, 3.05) is 32.8 Å². The molecule has 0 aliphatic heterocycles. The molecule has 0 saturated heterocycles. The Morgan fingerprint density at radius 1 is 1.30 bits per heavy atom. The lowest BCUT2D eigenvalue weighted by atomic mass is 9.83. The van der Waals surface area contributed by atoms with Crippen LogP contribution in [0.4, 0.5) is 0 Å². The van der Waals surface area contributed by atoms with Crippen molar-refractivity contribution in [3.8, 4) is 0 Å². The lowest BCUT2D eigenvalue weighted by Crippen LogP contribution is -2.38. The predicted molar refractivity (Wildman–Crippen MR) is 86.2 cm³/mol. The zero-order chi connectivity index (χ0) is 14.7. The summed E-state index contributed by atoms with van der Waals surface area (Å²) < 4.78 is 5.55. The smallest absolute Gasteiger partial charge is 0.191 e. The fourth-order valence-corrected chi connectivity index (χ4v) is 2.80. The maximum Gasteiger partial charge on any atom is 0.191 e. The van der Waals surface area contributed by atoms with Crippen molar-refractivity contribution in [1.29, 1.82) is 0 Å². The zero-order valence-corrected chi connectivity index (χ0v) is 13.2. The van der Waals surface area contributed by atoms with Crippen LogP contribution < -0.4 is 10.6 Å². The van der Waals surface area contributed by atoms with Gasteiger partial charge in [-0.15, -0.1) is 6.58 Å². The molecule has 1 aliphatic carbocycles. The Balaban J connectivity index is 2.55. The highest BCUT2D eigenvalue weighted by molar-refractivity contribution is 5.79. The third kappa shape index (κ3) is 5.95. The summed E-state index contributed by atoms with van der Waals surface area (Å²) >= 11 is 0. The molecular formula is C16H31N3O. The highest BCUT2D eigenvalue weighted by Gasteiger charge is 2.33. The molecule has 116 valence electrons. The van der Waals surface area contributed by atoms with E-state index in [1.807, 2.05) is 6.08 Å². The van der Waals surface area contributed by atoms with Gasteiger partial charge in [0, 0.05) is 32.8 Å². The Hall–Kier alpha value is -1.03. The number of nitrogens with zero attached hydrogens (tertiary/aromatic N) is 1. The molecule has 0 aromatic rings. The van der Waals surface area contributed by atoms with Gasteiger partial charge < -0.3 is 15.4 Å². The van der Waals surface area contributed by atoms with Gasteiger partial charge in [0.15, 0.2) is 5.96 Å². The molecule has 1 saturated carbocycles. The summed E-state index contributed by atoms with van der Waals surface area (Å²) in [6.07, 6.45) is 8.21. The van der Waals surface area contributed by atoms with Crippen LogP contribution in [0.2, 0.25) is 0 Å². The van der Waals surface area contributed by atoms with Gasteiger partial charge in [0.05, 0.1) is 0 Å². The maximum absolute atomic E-state index is 5.55. The molecule has 4 heteroatoms. The Morgan fingerprint density at radius 2 is 2.05 bits per heavy atom. The van der Waals surface area contributed by atoms with Gasteiger partial charge in [0.1, 0.15) is 0 Å². The predicted octanol–water partition coefficient (Wildman–Crippen LogP) is 2.71. The summed E-state index contributed by atoms with van der Waals surface area (Å²) in [5.41, 5.74) is 0.353. The normalized spacial score (nSPS) is 18.0. The second-order valence-electron chi connectivity index (χ2n) is 5.52. The molecule has 0 unspecified atom stereocenters. The van der Waals surface area contributed by atoms with Crippen molar-refractivity contribution in [3.63, 3.8) is 0 Å². The van der Waals surface area contributed by atoms with Crippen molar-refractivity contribution in [2.45, 2.75) is 46.0 Å². The highest BCUT2D eigenvalue weighted by Crippen LogP contribution is 2.41. The molecule has 0 radical (unpaired) electrons. The average Bonchev–Trinajstić information content (AvgIpc) is 2.91. The molecule has 2 N–H and O–H groups in total. The molecule has 0 atom stereocenters. The van der Waals surface area contributed by atoms with E-state index in [0.29, 0.717) is 5.41 Å². The van der Waals surface area contributed by atoms with Gasteiger partial charge in [-0.2, -0.15) is 0 Å². The Morgan fingerprint density at radius 3 is 2.65 bits per heavy atom. The number of nitrogens with one attached hydrogen (secondary N) is 2. The van der Waals surface area contributed by atoms with E-state index in [1.165, 1.54) is 25.7 Å².